The van der Waals surface area contributed by atoms with Crippen molar-refractivity contribution in [2.24, 2.45) is 0 Å². The predicted molar refractivity (Wildman–Crippen MR) is 133 cm³/mol. The quantitative estimate of drug-likeness (QED) is 0.310. The first-order valence-electron chi connectivity index (χ1n) is 10.6. The molecule has 8 nitrogen and oxygen atoms in total. The first-order valence-corrected chi connectivity index (χ1v) is 13.3. The van der Waals surface area contributed by atoms with Crippen LogP contribution in [0.15, 0.2) is 53.7 Å². The maximum absolute atomic E-state index is 13.2. The molecule has 0 amide bonds. The highest BCUT2D eigenvalue weighted by Gasteiger charge is 2.24. The van der Waals surface area contributed by atoms with Crippen molar-refractivity contribution in [3.05, 3.63) is 59.2 Å². The fraction of sp³-hybridized carbons (Fsp3) is 0.208. The van der Waals surface area contributed by atoms with E-state index in [-0.39, 0.29) is 16.8 Å². The van der Waals surface area contributed by atoms with Crippen LogP contribution in [0, 0.1) is 5.82 Å². The molecule has 0 saturated carbocycles. The Morgan fingerprint density at radius 1 is 1.17 bits per heavy atom. The van der Waals surface area contributed by atoms with Crippen LogP contribution in [-0.2, 0) is 21.1 Å². The molecule has 0 fully saturated rings. The number of hydrogen-bond acceptors (Lipinski definition) is 8. The Kier molecular flexibility index (Phi) is 6.73. The molecule has 4 aromatic rings. The van der Waals surface area contributed by atoms with Crippen molar-refractivity contribution < 1.29 is 27.4 Å². The molecule has 0 unspecified atom stereocenters. The SMILES string of the molecule is CCc1sc2nc(S(C)(=O)=O)nc(N[C@H](C)C(=O)O)c2c1-c1cccc(Oc2ccc(F)cc2)c1. The van der Waals surface area contributed by atoms with Gasteiger partial charge in [0.1, 0.15) is 34.0 Å². The molecule has 4 rings (SSSR count). The van der Waals surface area contributed by atoms with Crippen molar-refractivity contribution in [1.82, 2.24) is 9.97 Å². The number of carboxylic acids is 1. The molecule has 2 heterocycles. The number of aliphatic carboxylic acids is 1. The van der Waals surface area contributed by atoms with Crippen LogP contribution in [0.25, 0.3) is 21.3 Å². The van der Waals surface area contributed by atoms with Crippen LogP contribution in [-0.4, -0.2) is 41.8 Å². The highest BCUT2D eigenvalue weighted by atomic mass is 32.2. The molecule has 35 heavy (non-hydrogen) atoms. The average Bonchev–Trinajstić information content (AvgIpc) is 3.19. The normalized spacial score (nSPS) is 12.5. The molecule has 0 aliphatic heterocycles. The van der Waals surface area contributed by atoms with E-state index in [1.165, 1.54) is 42.5 Å². The third-order valence-electron chi connectivity index (χ3n) is 5.15. The number of fused-ring (bicyclic) bond motifs is 1. The molecule has 1 atom stereocenters. The predicted octanol–water partition coefficient (Wildman–Crippen LogP) is 5.14. The Bertz CT molecular complexity index is 1520. The van der Waals surface area contributed by atoms with E-state index in [2.05, 4.69) is 15.3 Å². The van der Waals surface area contributed by atoms with Gasteiger partial charge in [0.2, 0.25) is 15.0 Å². The number of ether oxygens (including phenoxy) is 1. The zero-order valence-corrected chi connectivity index (χ0v) is 20.7. The topological polar surface area (TPSA) is 118 Å². The lowest BCUT2D eigenvalue weighted by Gasteiger charge is -2.14. The van der Waals surface area contributed by atoms with Crippen molar-refractivity contribution in [3.63, 3.8) is 0 Å². The van der Waals surface area contributed by atoms with Crippen molar-refractivity contribution in [3.8, 4) is 22.6 Å². The summed E-state index contributed by atoms with van der Waals surface area (Å²) in [7, 11) is -3.74. The number of carboxylic acid groups (broad SMARTS) is 1. The molecular weight excluding hydrogens is 493 g/mol. The minimum atomic E-state index is -3.74. The third-order valence-corrected chi connectivity index (χ3v) is 7.23. The number of nitrogens with one attached hydrogen (secondary N) is 1. The van der Waals surface area contributed by atoms with Gasteiger partial charge >= 0.3 is 5.97 Å². The highest BCUT2D eigenvalue weighted by molar-refractivity contribution is 7.90. The molecule has 0 spiro atoms. The molecule has 0 radical (unpaired) electrons. The van der Waals surface area contributed by atoms with Crippen LogP contribution in [0.5, 0.6) is 11.5 Å². The van der Waals surface area contributed by atoms with E-state index in [1.54, 1.807) is 18.2 Å². The first kappa shape index (κ1) is 24.6. The van der Waals surface area contributed by atoms with Gasteiger partial charge in [-0.3, -0.25) is 4.79 Å². The van der Waals surface area contributed by atoms with E-state index in [1.807, 2.05) is 13.0 Å². The van der Waals surface area contributed by atoms with Crippen LogP contribution < -0.4 is 10.1 Å². The minimum Gasteiger partial charge on any atom is -0.480 e. The molecule has 0 bridgehead atoms. The number of anilines is 1. The number of carbonyl (C=O) groups is 1. The number of hydrogen-bond donors (Lipinski definition) is 2. The minimum absolute atomic E-state index is 0.126. The number of benzene rings is 2. The molecular formula is C24H22FN3O5S2. The number of rotatable bonds is 8. The molecule has 182 valence electrons. The first-order chi connectivity index (χ1) is 16.6. The summed E-state index contributed by atoms with van der Waals surface area (Å²) in [5, 5.41) is 12.4. The Hall–Kier alpha value is -3.57. The average molecular weight is 516 g/mol. The van der Waals surface area contributed by atoms with Crippen LogP contribution in [0.3, 0.4) is 0 Å². The lowest BCUT2D eigenvalue weighted by Crippen LogP contribution is -2.26. The monoisotopic (exact) mass is 515 g/mol. The summed E-state index contributed by atoms with van der Waals surface area (Å²) in [4.78, 5) is 21.3. The highest BCUT2D eigenvalue weighted by Crippen LogP contribution is 2.43. The number of sulfone groups is 1. The fourth-order valence-corrected chi connectivity index (χ4v) is 5.18. The molecule has 2 aromatic heterocycles. The van der Waals surface area contributed by atoms with Crippen LogP contribution in [0.4, 0.5) is 10.2 Å². The van der Waals surface area contributed by atoms with Crippen LogP contribution in [0.1, 0.15) is 18.7 Å². The van der Waals surface area contributed by atoms with Gasteiger partial charge < -0.3 is 15.2 Å². The van der Waals surface area contributed by atoms with E-state index < -0.39 is 21.8 Å². The standard InChI is InChI=1S/C24H22FN3O5S2/c1-4-18-19(14-6-5-7-17(12-14)33-16-10-8-15(25)9-11-16)20-21(26-13(2)23(29)30)27-24(35(3,31)32)28-22(20)34-18/h5-13H,4H2,1-3H3,(H,29,30)(H,26,27,28)/t13-/m1/s1. The Morgan fingerprint density at radius 2 is 1.89 bits per heavy atom. The molecule has 2 N–H and O–H groups in total. The van der Waals surface area contributed by atoms with Gasteiger partial charge in [0.05, 0.1) is 5.39 Å². The van der Waals surface area contributed by atoms with Gasteiger partial charge in [-0.25, -0.2) is 22.8 Å². The summed E-state index contributed by atoms with van der Waals surface area (Å²) in [6, 6.07) is 11.9. The Morgan fingerprint density at radius 3 is 2.51 bits per heavy atom. The third kappa shape index (κ3) is 5.25. The summed E-state index contributed by atoms with van der Waals surface area (Å²) in [6.07, 6.45) is 1.63. The lowest BCUT2D eigenvalue weighted by molar-refractivity contribution is -0.137. The summed E-state index contributed by atoms with van der Waals surface area (Å²) < 4.78 is 43.6. The van der Waals surface area contributed by atoms with Crippen molar-refractivity contribution in [2.75, 3.05) is 11.6 Å². The smallest absolute Gasteiger partial charge is 0.325 e. The van der Waals surface area contributed by atoms with Gasteiger partial charge in [-0.15, -0.1) is 11.3 Å². The van der Waals surface area contributed by atoms with E-state index in [0.717, 1.165) is 22.3 Å². The van der Waals surface area contributed by atoms with Gasteiger partial charge in [0.25, 0.3) is 0 Å². The summed E-state index contributed by atoms with van der Waals surface area (Å²) in [5.41, 5.74) is 1.52. The zero-order chi connectivity index (χ0) is 25.3. The largest absolute Gasteiger partial charge is 0.480 e. The molecule has 11 heteroatoms. The summed E-state index contributed by atoms with van der Waals surface area (Å²) in [5.74, 6) is -0.376. The second-order valence-corrected chi connectivity index (χ2v) is 10.8. The number of thiophene rings is 1. The van der Waals surface area contributed by atoms with Gasteiger partial charge in [-0.2, -0.15) is 0 Å². The number of aryl methyl sites for hydroxylation is 1. The fourth-order valence-electron chi connectivity index (χ4n) is 3.47. The molecule has 0 saturated heterocycles. The second-order valence-electron chi connectivity index (χ2n) is 7.85. The lowest BCUT2D eigenvalue weighted by atomic mass is 10.0. The van der Waals surface area contributed by atoms with Gasteiger partial charge in [0, 0.05) is 16.7 Å². The van der Waals surface area contributed by atoms with Crippen LogP contribution in [0.2, 0.25) is 0 Å². The van der Waals surface area contributed by atoms with E-state index >= 15 is 0 Å². The van der Waals surface area contributed by atoms with Crippen molar-refractivity contribution in [2.45, 2.75) is 31.5 Å². The van der Waals surface area contributed by atoms with E-state index in [4.69, 9.17) is 4.74 Å². The summed E-state index contributed by atoms with van der Waals surface area (Å²) >= 11 is 1.32. The molecule has 0 aliphatic rings. The number of halogens is 1. The maximum Gasteiger partial charge on any atom is 0.325 e. The van der Waals surface area contributed by atoms with Gasteiger partial charge in [0.15, 0.2) is 0 Å². The number of aromatic nitrogens is 2. The second kappa shape index (κ2) is 9.59. The van der Waals surface area contributed by atoms with Gasteiger partial charge in [-0.05, 0) is 55.3 Å². The number of nitrogens with zero attached hydrogens (tertiary/aromatic N) is 2. The van der Waals surface area contributed by atoms with E-state index in [9.17, 15) is 22.7 Å². The molecule has 0 aliphatic carbocycles. The van der Waals surface area contributed by atoms with Gasteiger partial charge in [-0.1, -0.05) is 19.1 Å². The van der Waals surface area contributed by atoms with Crippen molar-refractivity contribution >= 4 is 43.2 Å². The maximum atomic E-state index is 13.2. The van der Waals surface area contributed by atoms with Crippen molar-refractivity contribution in [1.29, 1.82) is 0 Å². The van der Waals surface area contributed by atoms with Crippen LogP contribution >= 0.6 is 11.3 Å². The Balaban J connectivity index is 1.90. The summed E-state index contributed by atoms with van der Waals surface area (Å²) in [6.45, 7) is 3.41. The molecule has 2 aromatic carbocycles. The zero-order valence-electron chi connectivity index (χ0n) is 19.1. The van der Waals surface area contributed by atoms with E-state index in [0.29, 0.717) is 28.1 Å². The Labute approximate surface area is 205 Å².